The molecule has 1 aliphatic rings. The average Bonchev–Trinajstić information content (AvgIpc) is 2.72. The third-order valence-electron chi connectivity index (χ3n) is 4.96. The highest BCUT2D eigenvalue weighted by molar-refractivity contribution is 5.92. The molecule has 0 amide bonds. The fourth-order valence-corrected chi connectivity index (χ4v) is 3.34. The van der Waals surface area contributed by atoms with Gasteiger partial charge in [-0.15, -0.1) is 0 Å². The molecule has 27 heavy (non-hydrogen) atoms. The molecule has 1 atom stereocenters. The molecule has 3 rings (SSSR count). The quantitative estimate of drug-likeness (QED) is 0.752. The van der Waals surface area contributed by atoms with E-state index in [1.54, 1.807) is 24.3 Å². The summed E-state index contributed by atoms with van der Waals surface area (Å²) in [6.45, 7) is 5.33. The summed E-state index contributed by atoms with van der Waals surface area (Å²) in [5, 5.41) is 0. The molecule has 1 unspecified atom stereocenters. The van der Waals surface area contributed by atoms with Gasteiger partial charge in [-0.3, -0.25) is 4.90 Å². The zero-order valence-electron chi connectivity index (χ0n) is 15.8. The van der Waals surface area contributed by atoms with Gasteiger partial charge in [0.1, 0.15) is 17.2 Å². The number of rotatable bonds is 5. The smallest absolute Gasteiger partial charge is 0.343 e. The largest absolute Gasteiger partial charge is 0.480 e. The number of pyridine rings is 1. The van der Waals surface area contributed by atoms with Gasteiger partial charge in [-0.2, -0.15) is 4.98 Å². The Hall–Kier alpha value is -2.67. The summed E-state index contributed by atoms with van der Waals surface area (Å²) >= 11 is 0. The normalized spacial score (nSPS) is 16.1. The minimum atomic E-state index is -0.473. The second kappa shape index (κ2) is 8.35. The number of hydrogen-bond acceptors (Lipinski definition) is 6. The molecule has 1 aromatic heterocycles. The van der Waals surface area contributed by atoms with Gasteiger partial charge in [-0.05, 0) is 36.8 Å². The molecule has 0 saturated carbocycles. The van der Waals surface area contributed by atoms with Crippen LogP contribution in [-0.2, 0) is 4.74 Å². The van der Waals surface area contributed by atoms with Gasteiger partial charge in [0, 0.05) is 32.2 Å². The van der Waals surface area contributed by atoms with Gasteiger partial charge in [0.05, 0.1) is 14.2 Å². The fraction of sp³-hybridized carbons (Fsp3) is 0.400. The summed E-state index contributed by atoms with van der Waals surface area (Å²) in [6, 6.07) is 10.4. The summed E-state index contributed by atoms with van der Waals surface area (Å²) in [5.41, 5.74) is 1.28. The van der Waals surface area contributed by atoms with Gasteiger partial charge in [0.2, 0.25) is 5.88 Å². The summed E-state index contributed by atoms with van der Waals surface area (Å²) in [7, 11) is 2.81. The molecule has 1 aliphatic heterocycles. The second-order valence-electron chi connectivity index (χ2n) is 6.47. The molecule has 0 radical (unpaired) electrons. The van der Waals surface area contributed by atoms with Crippen molar-refractivity contribution in [1.29, 1.82) is 0 Å². The first kappa shape index (κ1) is 19.1. The van der Waals surface area contributed by atoms with Crippen molar-refractivity contribution in [3.8, 4) is 5.88 Å². The van der Waals surface area contributed by atoms with Crippen LogP contribution in [0.3, 0.4) is 0 Å². The Bertz CT molecular complexity index is 807. The van der Waals surface area contributed by atoms with E-state index in [1.807, 2.05) is 6.07 Å². The molecule has 0 spiro atoms. The molecule has 0 aliphatic carbocycles. The first-order valence-corrected chi connectivity index (χ1v) is 8.91. The van der Waals surface area contributed by atoms with Crippen molar-refractivity contribution < 1.29 is 18.7 Å². The number of hydrogen-bond donors (Lipinski definition) is 0. The van der Waals surface area contributed by atoms with E-state index in [4.69, 9.17) is 9.47 Å². The molecule has 1 aromatic carbocycles. The lowest BCUT2D eigenvalue weighted by atomic mass is 10.1. The van der Waals surface area contributed by atoms with Crippen LogP contribution in [0, 0.1) is 5.82 Å². The standard InChI is InChI=1S/C20H24FN3O3/c1-14(15-5-4-6-16(21)13-15)23-9-11-24(12-10-23)18-8-7-17(20(25)27-3)19(22-18)26-2/h4-8,13-14H,9-12H2,1-3H3. The number of piperazine rings is 1. The molecule has 1 fully saturated rings. The minimum Gasteiger partial charge on any atom is -0.480 e. The van der Waals surface area contributed by atoms with Crippen LogP contribution in [0.4, 0.5) is 10.2 Å². The van der Waals surface area contributed by atoms with Crippen LogP contribution in [0.1, 0.15) is 28.9 Å². The van der Waals surface area contributed by atoms with Crippen LogP contribution in [0.15, 0.2) is 36.4 Å². The van der Waals surface area contributed by atoms with Crippen molar-refractivity contribution in [2.75, 3.05) is 45.3 Å². The first-order valence-electron chi connectivity index (χ1n) is 8.91. The van der Waals surface area contributed by atoms with Crippen LogP contribution in [0.2, 0.25) is 0 Å². The van der Waals surface area contributed by atoms with Gasteiger partial charge >= 0.3 is 5.97 Å². The van der Waals surface area contributed by atoms with Crippen LogP contribution in [0.5, 0.6) is 5.88 Å². The number of anilines is 1. The topological polar surface area (TPSA) is 54.9 Å². The average molecular weight is 373 g/mol. The van der Waals surface area contributed by atoms with E-state index < -0.39 is 5.97 Å². The number of halogens is 1. The highest BCUT2D eigenvalue weighted by Crippen LogP contribution is 2.26. The number of carbonyl (C=O) groups is 1. The van der Waals surface area contributed by atoms with Crippen molar-refractivity contribution in [2.45, 2.75) is 13.0 Å². The van der Waals surface area contributed by atoms with Crippen molar-refractivity contribution in [3.05, 3.63) is 53.3 Å². The highest BCUT2D eigenvalue weighted by atomic mass is 19.1. The van der Waals surface area contributed by atoms with E-state index in [0.717, 1.165) is 37.6 Å². The van der Waals surface area contributed by atoms with Crippen LogP contribution in [0.25, 0.3) is 0 Å². The molecule has 144 valence electrons. The van der Waals surface area contributed by atoms with Crippen LogP contribution >= 0.6 is 0 Å². The summed E-state index contributed by atoms with van der Waals surface area (Å²) in [4.78, 5) is 20.7. The molecule has 1 saturated heterocycles. The number of benzene rings is 1. The second-order valence-corrected chi connectivity index (χ2v) is 6.47. The predicted molar refractivity (Wildman–Crippen MR) is 101 cm³/mol. The first-order chi connectivity index (χ1) is 13.0. The highest BCUT2D eigenvalue weighted by Gasteiger charge is 2.24. The molecule has 2 aromatic rings. The molecule has 0 bridgehead atoms. The minimum absolute atomic E-state index is 0.145. The Morgan fingerprint density at radius 3 is 2.52 bits per heavy atom. The third kappa shape index (κ3) is 4.19. The monoisotopic (exact) mass is 373 g/mol. The maximum absolute atomic E-state index is 13.5. The number of carbonyl (C=O) groups excluding carboxylic acids is 1. The number of ether oxygens (including phenoxy) is 2. The third-order valence-corrected chi connectivity index (χ3v) is 4.96. The van der Waals surface area contributed by atoms with Crippen molar-refractivity contribution in [1.82, 2.24) is 9.88 Å². The Kier molecular flexibility index (Phi) is 5.91. The predicted octanol–water partition coefficient (Wildman–Crippen LogP) is 2.90. The summed E-state index contributed by atoms with van der Waals surface area (Å²) < 4.78 is 23.5. The zero-order valence-corrected chi connectivity index (χ0v) is 15.8. The lowest BCUT2D eigenvalue weighted by Gasteiger charge is -2.38. The summed E-state index contributed by atoms with van der Waals surface area (Å²) in [5.74, 6) is 0.340. The number of methoxy groups -OCH3 is 2. The Labute approximate surface area is 158 Å². The molecule has 0 N–H and O–H groups in total. The van der Waals surface area contributed by atoms with E-state index in [0.29, 0.717) is 5.56 Å². The van der Waals surface area contributed by atoms with E-state index >= 15 is 0 Å². The molecule has 7 heteroatoms. The van der Waals surface area contributed by atoms with Gasteiger partial charge < -0.3 is 14.4 Å². The number of nitrogens with zero attached hydrogens (tertiary/aromatic N) is 3. The fourth-order valence-electron chi connectivity index (χ4n) is 3.34. The summed E-state index contributed by atoms with van der Waals surface area (Å²) in [6.07, 6.45) is 0. The van der Waals surface area contributed by atoms with E-state index in [1.165, 1.54) is 20.3 Å². The maximum atomic E-state index is 13.5. The zero-order chi connectivity index (χ0) is 19.4. The van der Waals surface area contributed by atoms with E-state index in [9.17, 15) is 9.18 Å². The lowest BCUT2D eigenvalue weighted by Crippen LogP contribution is -2.47. The Morgan fingerprint density at radius 1 is 1.15 bits per heavy atom. The van der Waals surface area contributed by atoms with Gasteiger partial charge in [0.25, 0.3) is 0 Å². The number of esters is 1. The molecular formula is C20H24FN3O3. The van der Waals surface area contributed by atoms with E-state index in [-0.39, 0.29) is 17.7 Å². The SMILES string of the molecule is COC(=O)c1ccc(N2CCN(C(C)c3cccc(F)c3)CC2)nc1OC. The van der Waals surface area contributed by atoms with E-state index in [2.05, 4.69) is 21.7 Å². The molecular weight excluding hydrogens is 349 g/mol. The lowest BCUT2D eigenvalue weighted by molar-refractivity contribution is 0.0596. The molecule has 6 nitrogen and oxygen atoms in total. The van der Waals surface area contributed by atoms with Gasteiger partial charge in [0.15, 0.2) is 0 Å². The van der Waals surface area contributed by atoms with Crippen LogP contribution < -0.4 is 9.64 Å². The van der Waals surface area contributed by atoms with Crippen molar-refractivity contribution in [2.24, 2.45) is 0 Å². The number of aromatic nitrogens is 1. The van der Waals surface area contributed by atoms with Crippen molar-refractivity contribution >= 4 is 11.8 Å². The van der Waals surface area contributed by atoms with Crippen molar-refractivity contribution in [3.63, 3.8) is 0 Å². The van der Waals surface area contributed by atoms with Gasteiger partial charge in [-0.25, -0.2) is 9.18 Å². The maximum Gasteiger partial charge on any atom is 0.343 e. The van der Waals surface area contributed by atoms with Gasteiger partial charge in [-0.1, -0.05) is 12.1 Å². The Morgan fingerprint density at radius 2 is 1.89 bits per heavy atom. The Balaban J connectivity index is 1.67. The van der Waals surface area contributed by atoms with Crippen LogP contribution in [-0.4, -0.2) is 56.3 Å². The molecule has 2 heterocycles.